The lowest BCUT2D eigenvalue weighted by atomic mass is 10.1. The molecule has 0 aliphatic carbocycles. The second-order valence-corrected chi connectivity index (χ2v) is 7.37. The van der Waals surface area contributed by atoms with Crippen molar-refractivity contribution in [3.05, 3.63) is 22.2 Å². The van der Waals surface area contributed by atoms with Crippen LogP contribution in [0.2, 0.25) is 10.0 Å². The second-order valence-electron chi connectivity index (χ2n) is 4.57. The summed E-state index contributed by atoms with van der Waals surface area (Å²) >= 11 is 11.8. The van der Waals surface area contributed by atoms with Gasteiger partial charge in [0.15, 0.2) is 0 Å². The highest BCUT2D eigenvalue weighted by molar-refractivity contribution is 7.89. The van der Waals surface area contributed by atoms with Crippen LogP contribution in [0.4, 0.5) is 5.69 Å². The van der Waals surface area contributed by atoms with Crippen molar-refractivity contribution in [1.29, 1.82) is 0 Å². The average Bonchev–Trinajstić information content (AvgIpc) is 2.35. The van der Waals surface area contributed by atoms with Gasteiger partial charge in [-0.15, -0.1) is 0 Å². The molecular formula is C12H18Cl2N2O2S. The molecule has 1 aromatic rings. The molecule has 0 aliphatic rings. The van der Waals surface area contributed by atoms with E-state index in [2.05, 4.69) is 0 Å². The summed E-state index contributed by atoms with van der Waals surface area (Å²) in [6.45, 7) is 4.43. The van der Waals surface area contributed by atoms with Crippen LogP contribution < -0.4 is 5.73 Å². The largest absolute Gasteiger partial charge is 0.396 e. The molecule has 1 rings (SSSR count). The van der Waals surface area contributed by atoms with E-state index in [4.69, 9.17) is 28.9 Å². The molecule has 0 saturated carbocycles. The summed E-state index contributed by atoms with van der Waals surface area (Å²) in [6, 6.07) is 2.82. The third-order valence-electron chi connectivity index (χ3n) is 3.05. The van der Waals surface area contributed by atoms with Gasteiger partial charge in [-0.1, -0.05) is 43.5 Å². The number of anilines is 1. The first kappa shape index (κ1) is 16.6. The summed E-state index contributed by atoms with van der Waals surface area (Å²) in [4.78, 5) is -0.0122. The molecular weight excluding hydrogens is 307 g/mol. The van der Waals surface area contributed by atoms with E-state index in [1.807, 2.05) is 13.8 Å². The van der Waals surface area contributed by atoms with Gasteiger partial charge in [0.25, 0.3) is 0 Å². The zero-order valence-corrected chi connectivity index (χ0v) is 13.5. The molecule has 1 aromatic carbocycles. The lowest BCUT2D eigenvalue weighted by Crippen LogP contribution is -2.31. The second kappa shape index (κ2) is 6.31. The molecule has 0 spiro atoms. The Morgan fingerprint density at radius 1 is 1.37 bits per heavy atom. The third kappa shape index (κ3) is 3.54. The molecule has 0 heterocycles. The number of hydrogen-bond donors (Lipinski definition) is 1. The number of benzene rings is 1. The van der Waals surface area contributed by atoms with Crippen molar-refractivity contribution in [1.82, 2.24) is 4.31 Å². The molecule has 0 amide bonds. The number of nitrogens with zero attached hydrogens (tertiary/aromatic N) is 1. The predicted molar refractivity (Wildman–Crippen MR) is 80.1 cm³/mol. The molecule has 2 N–H and O–H groups in total. The average molecular weight is 325 g/mol. The van der Waals surface area contributed by atoms with Crippen LogP contribution in [0, 0.1) is 5.92 Å². The minimum Gasteiger partial charge on any atom is -0.396 e. The number of rotatable bonds is 5. The van der Waals surface area contributed by atoms with Crippen LogP contribution >= 0.6 is 23.2 Å². The van der Waals surface area contributed by atoms with Crippen LogP contribution in [-0.2, 0) is 10.0 Å². The fourth-order valence-corrected chi connectivity index (χ4v) is 3.61. The fourth-order valence-electron chi connectivity index (χ4n) is 1.58. The number of sulfonamides is 1. The lowest BCUT2D eigenvalue weighted by Gasteiger charge is -2.21. The molecule has 0 aliphatic heterocycles. The Kier molecular flexibility index (Phi) is 5.50. The molecule has 0 radical (unpaired) electrons. The predicted octanol–water partition coefficient (Wildman–Crippen LogP) is 3.24. The van der Waals surface area contributed by atoms with Crippen LogP contribution in [-0.4, -0.2) is 26.3 Å². The molecule has 0 saturated heterocycles. The van der Waals surface area contributed by atoms with Crippen molar-refractivity contribution in [2.75, 3.05) is 19.3 Å². The van der Waals surface area contributed by atoms with E-state index in [9.17, 15) is 8.42 Å². The summed E-state index contributed by atoms with van der Waals surface area (Å²) in [5.41, 5.74) is 5.74. The van der Waals surface area contributed by atoms with Crippen molar-refractivity contribution in [3.8, 4) is 0 Å². The van der Waals surface area contributed by atoms with Gasteiger partial charge in [-0.25, -0.2) is 12.7 Å². The Balaban J connectivity index is 3.17. The standard InChI is InChI=1S/C12H18Cl2N2O2S/c1-4-8(2)7-16(3)19(17,18)10-6-5-9(13)12(15)11(10)14/h5-6,8H,4,7,15H2,1-3H3. The van der Waals surface area contributed by atoms with Crippen LogP contribution in [0.25, 0.3) is 0 Å². The van der Waals surface area contributed by atoms with E-state index in [-0.39, 0.29) is 26.5 Å². The van der Waals surface area contributed by atoms with Gasteiger partial charge in [-0.3, -0.25) is 0 Å². The summed E-state index contributed by atoms with van der Waals surface area (Å²) in [7, 11) is -2.12. The first-order valence-electron chi connectivity index (χ1n) is 5.91. The van der Waals surface area contributed by atoms with Gasteiger partial charge < -0.3 is 5.73 Å². The maximum absolute atomic E-state index is 12.4. The Morgan fingerprint density at radius 3 is 2.47 bits per heavy atom. The normalized spacial score (nSPS) is 13.8. The van der Waals surface area contributed by atoms with E-state index in [0.29, 0.717) is 6.54 Å². The Bertz CT molecular complexity index is 561. The molecule has 7 heteroatoms. The quantitative estimate of drug-likeness (QED) is 0.845. The molecule has 0 aromatic heterocycles. The molecule has 1 atom stereocenters. The Hall–Kier alpha value is -0.490. The van der Waals surface area contributed by atoms with E-state index in [1.165, 1.54) is 23.5 Å². The van der Waals surface area contributed by atoms with Crippen molar-refractivity contribution < 1.29 is 8.42 Å². The highest BCUT2D eigenvalue weighted by Crippen LogP contribution is 2.34. The first-order valence-corrected chi connectivity index (χ1v) is 8.11. The van der Waals surface area contributed by atoms with Crippen molar-refractivity contribution in [3.63, 3.8) is 0 Å². The Labute approximate surface area is 124 Å². The van der Waals surface area contributed by atoms with Crippen molar-refractivity contribution >= 4 is 38.9 Å². The molecule has 1 unspecified atom stereocenters. The Morgan fingerprint density at radius 2 is 1.95 bits per heavy atom. The van der Waals surface area contributed by atoms with Crippen LogP contribution in [0.5, 0.6) is 0 Å². The third-order valence-corrected chi connectivity index (χ3v) is 5.76. The monoisotopic (exact) mass is 324 g/mol. The van der Waals surface area contributed by atoms with E-state index in [1.54, 1.807) is 0 Å². The molecule has 108 valence electrons. The molecule has 0 bridgehead atoms. The maximum atomic E-state index is 12.4. The fraction of sp³-hybridized carbons (Fsp3) is 0.500. The van der Waals surface area contributed by atoms with Gasteiger partial charge in [0.2, 0.25) is 10.0 Å². The summed E-state index contributed by atoms with van der Waals surface area (Å²) in [6.07, 6.45) is 0.899. The lowest BCUT2D eigenvalue weighted by molar-refractivity contribution is 0.393. The van der Waals surface area contributed by atoms with E-state index >= 15 is 0 Å². The zero-order chi connectivity index (χ0) is 14.8. The zero-order valence-electron chi connectivity index (χ0n) is 11.2. The minimum absolute atomic E-state index is 0.0122. The minimum atomic E-state index is -3.65. The van der Waals surface area contributed by atoms with Crippen LogP contribution in [0.1, 0.15) is 20.3 Å². The summed E-state index contributed by atoms with van der Waals surface area (Å²) in [5.74, 6) is 0.267. The number of hydrogen-bond acceptors (Lipinski definition) is 3. The van der Waals surface area contributed by atoms with E-state index < -0.39 is 10.0 Å². The van der Waals surface area contributed by atoms with Gasteiger partial charge in [0, 0.05) is 13.6 Å². The molecule has 19 heavy (non-hydrogen) atoms. The maximum Gasteiger partial charge on any atom is 0.244 e. The van der Waals surface area contributed by atoms with Gasteiger partial charge in [0.05, 0.1) is 15.7 Å². The van der Waals surface area contributed by atoms with Gasteiger partial charge >= 0.3 is 0 Å². The number of nitrogens with two attached hydrogens (primary N) is 1. The van der Waals surface area contributed by atoms with Crippen molar-refractivity contribution in [2.45, 2.75) is 25.2 Å². The van der Waals surface area contributed by atoms with Crippen LogP contribution in [0.15, 0.2) is 17.0 Å². The van der Waals surface area contributed by atoms with Gasteiger partial charge in [-0.2, -0.15) is 0 Å². The molecule has 0 fully saturated rings. The highest BCUT2D eigenvalue weighted by Gasteiger charge is 2.26. The highest BCUT2D eigenvalue weighted by atomic mass is 35.5. The SMILES string of the molecule is CCC(C)CN(C)S(=O)(=O)c1ccc(Cl)c(N)c1Cl. The topological polar surface area (TPSA) is 63.4 Å². The summed E-state index contributed by atoms with van der Waals surface area (Å²) < 4.78 is 26.1. The van der Waals surface area contributed by atoms with Gasteiger partial charge in [0.1, 0.15) is 4.90 Å². The van der Waals surface area contributed by atoms with Crippen LogP contribution in [0.3, 0.4) is 0 Å². The van der Waals surface area contributed by atoms with Gasteiger partial charge in [-0.05, 0) is 18.1 Å². The molecule has 4 nitrogen and oxygen atoms in total. The van der Waals surface area contributed by atoms with E-state index in [0.717, 1.165) is 6.42 Å². The summed E-state index contributed by atoms with van der Waals surface area (Å²) in [5, 5.41) is 0.219. The van der Waals surface area contributed by atoms with Crippen molar-refractivity contribution in [2.24, 2.45) is 5.92 Å². The number of halogens is 2. The first-order chi connectivity index (χ1) is 8.71. The smallest absolute Gasteiger partial charge is 0.244 e. The number of nitrogen functional groups attached to an aromatic ring is 1.